The van der Waals surface area contributed by atoms with Crippen LogP contribution in [0.1, 0.15) is 24.1 Å². The van der Waals surface area contributed by atoms with Crippen molar-refractivity contribution in [3.63, 3.8) is 0 Å². The minimum absolute atomic E-state index is 0.185. The number of ether oxygens (including phenoxy) is 1. The average molecular weight is 244 g/mol. The molecule has 1 aliphatic heterocycles. The van der Waals surface area contributed by atoms with Crippen LogP contribution in [0.5, 0.6) is 0 Å². The molecule has 2 heterocycles. The van der Waals surface area contributed by atoms with Gasteiger partial charge in [-0.3, -0.25) is 4.68 Å². The van der Waals surface area contributed by atoms with E-state index in [0.717, 1.165) is 43.7 Å². The first-order chi connectivity index (χ1) is 7.52. The van der Waals surface area contributed by atoms with Crippen LogP contribution in [0.15, 0.2) is 0 Å². The van der Waals surface area contributed by atoms with Gasteiger partial charge in [-0.25, -0.2) is 0 Å². The summed E-state index contributed by atoms with van der Waals surface area (Å²) in [6, 6.07) is 0. The summed E-state index contributed by atoms with van der Waals surface area (Å²) in [4.78, 5) is 0. The van der Waals surface area contributed by atoms with Crippen LogP contribution in [0.25, 0.3) is 0 Å². The lowest BCUT2D eigenvalue weighted by atomic mass is 9.85. The van der Waals surface area contributed by atoms with Crippen molar-refractivity contribution in [2.75, 3.05) is 13.2 Å². The van der Waals surface area contributed by atoms with Gasteiger partial charge in [0, 0.05) is 31.4 Å². The Labute approximate surface area is 101 Å². The highest BCUT2D eigenvalue weighted by Gasteiger charge is 2.30. The minimum Gasteiger partial charge on any atom is -0.381 e. The summed E-state index contributed by atoms with van der Waals surface area (Å²) in [5, 5.41) is 5.01. The summed E-state index contributed by atoms with van der Waals surface area (Å²) in [7, 11) is 1.85. The van der Waals surface area contributed by atoms with E-state index in [4.69, 9.17) is 22.1 Å². The van der Waals surface area contributed by atoms with E-state index in [9.17, 15) is 0 Å². The maximum absolute atomic E-state index is 6.36. The Morgan fingerprint density at radius 2 is 2.12 bits per heavy atom. The molecular formula is C11H18ClN3O. The number of aryl methyl sites for hydroxylation is 2. The van der Waals surface area contributed by atoms with Gasteiger partial charge in [0.2, 0.25) is 0 Å². The van der Waals surface area contributed by atoms with Crippen LogP contribution in [0.3, 0.4) is 0 Å². The molecule has 4 nitrogen and oxygen atoms in total. The highest BCUT2D eigenvalue weighted by atomic mass is 35.5. The quantitative estimate of drug-likeness (QED) is 0.855. The van der Waals surface area contributed by atoms with Gasteiger partial charge in [0.05, 0.1) is 5.69 Å². The normalized spacial score (nSPS) is 20.0. The van der Waals surface area contributed by atoms with E-state index >= 15 is 0 Å². The van der Waals surface area contributed by atoms with Crippen LogP contribution in [0.2, 0.25) is 5.15 Å². The lowest BCUT2D eigenvalue weighted by Crippen LogP contribution is -2.47. The predicted molar refractivity (Wildman–Crippen MR) is 63.6 cm³/mol. The van der Waals surface area contributed by atoms with Crippen molar-refractivity contribution < 1.29 is 4.74 Å². The third-order valence-electron chi connectivity index (χ3n) is 3.29. The molecule has 16 heavy (non-hydrogen) atoms. The molecule has 1 aromatic heterocycles. The molecule has 1 saturated heterocycles. The van der Waals surface area contributed by atoms with Gasteiger partial charge in [-0.2, -0.15) is 5.10 Å². The molecule has 0 spiro atoms. The van der Waals surface area contributed by atoms with E-state index in [1.54, 1.807) is 4.68 Å². The smallest absolute Gasteiger partial charge is 0.130 e. The van der Waals surface area contributed by atoms with Crippen LogP contribution in [0.4, 0.5) is 0 Å². The number of rotatable bonds is 2. The topological polar surface area (TPSA) is 53.1 Å². The molecule has 0 radical (unpaired) electrons. The molecule has 5 heteroatoms. The number of aromatic nitrogens is 2. The first-order valence-corrected chi connectivity index (χ1v) is 5.94. The third-order valence-corrected chi connectivity index (χ3v) is 3.76. The van der Waals surface area contributed by atoms with Gasteiger partial charge in [0.25, 0.3) is 0 Å². The average Bonchev–Trinajstić information content (AvgIpc) is 2.46. The number of hydrogen-bond acceptors (Lipinski definition) is 3. The summed E-state index contributed by atoms with van der Waals surface area (Å²) < 4.78 is 7.04. The van der Waals surface area contributed by atoms with E-state index in [0.29, 0.717) is 5.15 Å². The van der Waals surface area contributed by atoms with Crippen LogP contribution in [-0.4, -0.2) is 28.5 Å². The maximum Gasteiger partial charge on any atom is 0.130 e. The molecule has 90 valence electrons. The fraction of sp³-hybridized carbons (Fsp3) is 0.727. The molecule has 0 atom stereocenters. The first-order valence-electron chi connectivity index (χ1n) is 5.56. The zero-order valence-corrected chi connectivity index (χ0v) is 10.5. The SMILES string of the molecule is Cc1nn(C)c(Cl)c1CC1(N)CCOCC1. The van der Waals surface area contributed by atoms with E-state index < -0.39 is 0 Å². The second-order valence-corrected chi connectivity index (χ2v) is 4.99. The maximum atomic E-state index is 6.36. The summed E-state index contributed by atoms with van der Waals surface area (Å²) in [5.41, 5.74) is 8.23. The van der Waals surface area contributed by atoms with E-state index in [1.807, 2.05) is 14.0 Å². The lowest BCUT2D eigenvalue weighted by molar-refractivity contribution is 0.0533. The Hall–Kier alpha value is -0.580. The number of nitrogens with two attached hydrogens (primary N) is 1. The molecular weight excluding hydrogens is 226 g/mol. The van der Waals surface area contributed by atoms with E-state index in [-0.39, 0.29) is 5.54 Å². The molecule has 0 amide bonds. The molecule has 1 fully saturated rings. The van der Waals surface area contributed by atoms with Gasteiger partial charge >= 0.3 is 0 Å². The van der Waals surface area contributed by atoms with Crippen LogP contribution in [-0.2, 0) is 18.2 Å². The summed E-state index contributed by atoms with van der Waals surface area (Å²) in [6.45, 7) is 3.46. The molecule has 2 rings (SSSR count). The number of nitrogens with zero attached hydrogens (tertiary/aromatic N) is 2. The van der Waals surface area contributed by atoms with Crippen LogP contribution < -0.4 is 5.73 Å². The van der Waals surface area contributed by atoms with Crippen molar-refractivity contribution in [2.45, 2.75) is 31.7 Å². The van der Waals surface area contributed by atoms with Gasteiger partial charge < -0.3 is 10.5 Å². The van der Waals surface area contributed by atoms with Gasteiger partial charge in [-0.05, 0) is 26.2 Å². The Bertz CT molecular complexity index is 383. The van der Waals surface area contributed by atoms with Gasteiger partial charge in [0.1, 0.15) is 5.15 Å². The highest BCUT2D eigenvalue weighted by Crippen LogP contribution is 2.28. The monoisotopic (exact) mass is 243 g/mol. The van der Waals surface area contributed by atoms with E-state index in [2.05, 4.69) is 5.10 Å². The number of halogens is 1. The summed E-state index contributed by atoms with van der Waals surface area (Å²) >= 11 is 6.21. The molecule has 0 aliphatic carbocycles. The van der Waals surface area contributed by atoms with Crippen molar-refractivity contribution in [2.24, 2.45) is 12.8 Å². The zero-order valence-electron chi connectivity index (χ0n) is 9.79. The van der Waals surface area contributed by atoms with Gasteiger partial charge in [0.15, 0.2) is 0 Å². The molecule has 1 aromatic rings. The second kappa shape index (κ2) is 4.35. The molecule has 2 N–H and O–H groups in total. The summed E-state index contributed by atoms with van der Waals surface area (Å²) in [6.07, 6.45) is 2.56. The minimum atomic E-state index is -0.185. The fourth-order valence-corrected chi connectivity index (χ4v) is 2.42. The Balaban J connectivity index is 2.19. The molecule has 0 bridgehead atoms. The van der Waals surface area contributed by atoms with Crippen molar-refractivity contribution in [1.29, 1.82) is 0 Å². The summed E-state index contributed by atoms with van der Waals surface area (Å²) in [5.74, 6) is 0. The fourth-order valence-electron chi connectivity index (χ4n) is 2.18. The molecule has 0 unspecified atom stereocenters. The van der Waals surface area contributed by atoms with Crippen LogP contribution in [0, 0.1) is 6.92 Å². The number of hydrogen-bond donors (Lipinski definition) is 1. The van der Waals surface area contributed by atoms with Gasteiger partial charge in [-0.1, -0.05) is 11.6 Å². The predicted octanol–water partition coefficient (Wildman–Crippen LogP) is 1.43. The third kappa shape index (κ3) is 2.24. The van der Waals surface area contributed by atoms with Crippen molar-refractivity contribution >= 4 is 11.6 Å². The van der Waals surface area contributed by atoms with Crippen molar-refractivity contribution in [3.05, 3.63) is 16.4 Å². The lowest BCUT2D eigenvalue weighted by Gasteiger charge is -2.33. The first kappa shape index (κ1) is 11.9. The molecule has 1 aliphatic rings. The Morgan fingerprint density at radius 3 is 2.62 bits per heavy atom. The zero-order chi connectivity index (χ0) is 11.8. The standard InChI is InChI=1S/C11H18ClN3O/c1-8-9(10(12)15(2)14-8)7-11(13)3-5-16-6-4-11/h3-7,13H2,1-2H3. The van der Waals surface area contributed by atoms with Crippen LogP contribution >= 0.6 is 11.6 Å². The Morgan fingerprint density at radius 1 is 1.50 bits per heavy atom. The highest BCUT2D eigenvalue weighted by molar-refractivity contribution is 6.30. The largest absolute Gasteiger partial charge is 0.381 e. The van der Waals surface area contributed by atoms with Crippen molar-refractivity contribution in [3.8, 4) is 0 Å². The van der Waals surface area contributed by atoms with Crippen molar-refractivity contribution in [1.82, 2.24) is 9.78 Å². The van der Waals surface area contributed by atoms with E-state index in [1.165, 1.54) is 0 Å². The van der Waals surface area contributed by atoms with Gasteiger partial charge in [-0.15, -0.1) is 0 Å². The molecule has 0 aromatic carbocycles. The molecule has 0 saturated carbocycles. The Kier molecular flexibility index (Phi) is 3.24. The second-order valence-electron chi connectivity index (χ2n) is 4.63.